The van der Waals surface area contributed by atoms with Crippen LogP contribution in [0.25, 0.3) is 6.08 Å². The first kappa shape index (κ1) is 19.1. The number of esters is 1. The molecule has 2 aromatic carbocycles. The summed E-state index contributed by atoms with van der Waals surface area (Å²) in [5, 5.41) is 0. The van der Waals surface area contributed by atoms with Gasteiger partial charge in [-0.1, -0.05) is 37.4 Å². The Labute approximate surface area is 162 Å². The SMILES string of the molecule is C=CCOc1ccc(/C=C2\N=C(c3cccc(F)c3)OC2=O)cc1OCC=C. The molecule has 0 fully saturated rings. The van der Waals surface area contributed by atoms with Crippen LogP contribution in [0.15, 0.2) is 78.5 Å². The number of cyclic esters (lactones) is 1. The Hall–Kier alpha value is -3.67. The summed E-state index contributed by atoms with van der Waals surface area (Å²) in [6, 6.07) is 10.9. The van der Waals surface area contributed by atoms with E-state index in [1.807, 2.05) is 0 Å². The number of rotatable bonds is 8. The molecule has 1 heterocycles. The van der Waals surface area contributed by atoms with Gasteiger partial charge < -0.3 is 14.2 Å². The Bertz CT molecular complexity index is 978. The minimum Gasteiger partial charge on any atom is -0.486 e. The van der Waals surface area contributed by atoms with Gasteiger partial charge in [0.05, 0.1) is 0 Å². The normalized spacial score (nSPS) is 14.4. The molecule has 0 unspecified atom stereocenters. The first-order chi connectivity index (χ1) is 13.6. The van der Waals surface area contributed by atoms with E-state index in [2.05, 4.69) is 18.2 Å². The molecule has 1 aliphatic heterocycles. The van der Waals surface area contributed by atoms with Gasteiger partial charge in [-0.25, -0.2) is 14.2 Å². The van der Waals surface area contributed by atoms with Crippen LogP contribution in [-0.4, -0.2) is 25.1 Å². The maximum atomic E-state index is 13.4. The Morgan fingerprint density at radius 1 is 1.04 bits per heavy atom. The molecule has 3 rings (SSSR count). The molecule has 0 atom stereocenters. The van der Waals surface area contributed by atoms with Crippen molar-refractivity contribution in [3.05, 3.63) is 90.4 Å². The minimum absolute atomic E-state index is 0.0600. The number of hydrogen-bond acceptors (Lipinski definition) is 5. The molecule has 1 aliphatic rings. The lowest BCUT2D eigenvalue weighted by molar-refractivity contribution is -0.129. The predicted molar refractivity (Wildman–Crippen MR) is 105 cm³/mol. The predicted octanol–water partition coefficient (Wildman–Crippen LogP) is 4.30. The van der Waals surface area contributed by atoms with Crippen LogP contribution in [0.3, 0.4) is 0 Å². The zero-order valence-electron chi connectivity index (χ0n) is 15.1. The summed E-state index contributed by atoms with van der Waals surface area (Å²) in [6.45, 7) is 7.88. The monoisotopic (exact) mass is 379 g/mol. The quantitative estimate of drug-likeness (QED) is 0.390. The van der Waals surface area contributed by atoms with Crippen molar-refractivity contribution in [1.82, 2.24) is 0 Å². The number of halogens is 1. The maximum absolute atomic E-state index is 13.4. The largest absolute Gasteiger partial charge is 0.486 e. The van der Waals surface area contributed by atoms with Crippen molar-refractivity contribution in [2.45, 2.75) is 0 Å². The summed E-state index contributed by atoms with van der Waals surface area (Å²) in [5.41, 5.74) is 1.16. The number of nitrogens with zero attached hydrogens (tertiary/aromatic N) is 1. The van der Waals surface area contributed by atoms with Crippen LogP contribution >= 0.6 is 0 Å². The third-order valence-electron chi connectivity index (χ3n) is 3.68. The van der Waals surface area contributed by atoms with Crippen LogP contribution < -0.4 is 9.47 Å². The standard InChI is InChI=1S/C22H18FNO4/c1-3-10-26-19-9-8-15(13-20(19)27-11-4-2)12-18-22(25)28-21(24-18)16-6-5-7-17(23)14-16/h3-9,12-14H,1-2,10-11H2/b18-12-. The van der Waals surface area contributed by atoms with E-state index in [1.54, 1.807) is 42.5 Å². The van der Waals surface area contributed by atoms with Crippen molar-refractivity contribution in [3.8, 4) is 11.5 Å². The highest BCUT2D eigenvalue weighted by atomic mass is 19.1. The lowest BCUT2D eigenvalue weighted by Crippen LogP contribution is -2.05. The van der Waals surface area contributed by atoms with Gasteiger partial charge in [0.15, 0.2) is 17.2 Å². The second-order valence-corrected chi connectivity index (χ2v) is 5.75. The highest BCUT2D eigenvalue weighted by Gasteiger charge is 2.24. The Morgan fingerprint density at radius 3 is 2.50 bits per heavy atom. The molecular weight excluding hydrogens is 361 g/mol. The second-order valence-electron chi connectivity index (χ2n) is 5.75. The topological polar surface area (TPSA) is 57.1 Å². The van der Waals surface area contributed by atoms with Crippen molar-refractivity contribution < 1.29 is 23.4 Å². The van der Waals surface area contributed by atoms with Gasteiger partial charge in [-0.05, 0) is 42.0 Å². The Kier molecular flexibility index (Phi) is 6.01. The molecule has 0 saturated carbocycles. The maximum Gasteiger partial charge on any atom is 0.363 e. The van der Waals surface area contributed by atoms with E-state index in [9.17, 15) is 9.18 Å². The molecule has 28 heavy (non-hydrogen) atoms. The van der Waals surface area contributed by atoms with Crippen LogP contribution in [0.1, 0.15) is 11.1 Å². The zero-order chi connectivity index (χ0) is 19.9. The van der Waals surface area contributed by atoms with E-state index in [-0.39, 0.29) is 11.6 Å². The number of hydrogen-bond donors (Lipinski definition) is 0. The highest BCUT2D eigenvalue weighted by molar-refractivity contribution is 6.12. The Balaban J connectivity index is 1.90. The van der Waals surface area contributed by atoms with E-state index < -0.39 is 11.8 Å². The molecule has 0 saturated heterocycles. The van der Waals surface area contributed by atoms with Crippen molar-refractivity contribution in [2.75, 3.05) is 13.2 Å². The third-order valence-corrected chi connectivity index (χ3v) is 3.68. The Morgan fingerprint density at radius 2 is 1.79 bits per heavy atom. The molecule has 0 amide bonds. The average molecular weight is 379 g/mol. The third kappa shape index (κ3) is 4.54. The molecule has 0 bridgehead atoms. The molecule has 5 nitrogen and oxygen atoms in total. The average Bonchev–Trinajstić information content (AvgIpc) is 3.06. The van der Waals surface area contributed by atoms with Gasteiger partial charge in [-0.15, -0.1) is 0 Å². The van der Waals surface area contributed by atoms with Crippen LogP contribution in [0.4, 0.5) is 4.39 Å². The fraction of sp³-hybridized carbons (Fsp3) is 0.0909. The van der Waals surface area contributed by atoms with Crippen LogP contribution in [0.2, 0.25) is 0 Å². The summed E-state index contributed by atoms with van der Waals surface area (Å²) in [4.78, 5) is 16.3. The van der Waals surface area contributed by atoms with Crippen molar-refractivity contribution >= 4 is 17.9 Å². The van der Waals surface area contributed by atoms with Gasteiger partial charge in [-0.3, -0.25) is 0 Å². The van der Waals surface area contributed by atoms with Crippen molar-refractivity contribution in [2.24, 2.45) is 4.99 Å². The van der Waals surface area contributed by atoms with Gasteiger partial charge in [0.2, 0.25) is 5.90 Å². The summed E-state index contributed by atoms with van der Waals surface area (Å²) < 4.78 is 29.7. The van der Waals surface area contributed by atoms with Gasteiger partial charge in [0.1, 0.15) is 19.0 Å². The lowest BCUT2D eigenvalue weighted by Gasteiger charge is -2.11. The number of carbonyl (C=O) groups is 1. The summed E-state index contributed by atoms with van der Waals surface area (Å²) in [6.07, 6.45) is 4.81. The van der Waals surface area contributed by atoms with Crippen molar-refractivity contribution in [1.29, 1.82) is 0 Å². The van der Waals surface area contributed by atoms with Gasteiger partial charge in [-0.2, -0.15) is 0 Å². The second kappa shape index (κ2) is 8.81. The smallest absolute Gasteiger partial charge is 0.363 e. The van der Waals surface area contributed by atoms with Gasteiger partial charge in [0.25, 0.3) is 0 Å². The molecule has 2 aromatic rings. The van der Waals surface area contributed by atoms with Gasteiger partial charge in [0, 0.05) is 5.56 Å². The summed E-state index contributed by atoms with van der Waals surface area (Å²) in [5.74, 6) is 0.0519. The lowest BCUT2D eigenvalue weighted by atomic mass is 10.1. The minimum atomic E-state index is -0.611. The van der Waals surface area contributed by atoms with E-state index in [0.29, 0.717) is 35.8 Å². The van der Waals surface area contributed by atoms with Crippen LogP contribution in [0.5, 0.6) is 11.5 Å². The van der Waals surface area contributed by atoms with E-state index in [1.165, 1.54) is 18.2 Å². The van der Waals surface area contributed by atoms with Crippen LogP contribution in [0, 0.1) is 5.82 Å². The molecule has 6 heteroatoms. The van der Waals surface area contributed by atoms with E-state index in [4.69, 9.17) is 14.2 Å². The molecule has 0 aliphatic carbocycles. The van der Waals surface area contributed by atoms with E-state index in [0.717, 1.165) is 0 Å². The van der Waals surface area contributed by atoms with Crippen molar-refractivity contribution in [3.63, 3.8) is 0 Å². The first-order valence-corrected chi connectivity index (χ1v) is 8.50. The summed E-state index contributed by atoms with van der Waals surface area (Å²) in [7, 11) is 0. The fourth-order valence-electron chi connectivity index (χ4n) is 2.46. The van der Waals surface area contributed by atoms with Crippen LogP contribution in [-0.2, 0) is 9.53 Å². The number of ether oxygens (including phenoxy) is 3. The number of carbonyl (C=O) groups excluding carboxylic acids is 1. The first-order valence-electron chi connectivity index (χ1n) is 8.50. The molecule has 0 aromatic heterocycles. The zero-order valence-corrected chi connectivity index (χ0v) is 15.1. The van der Waals surface area contributed by atoms with Gasteiger partial charge >= 0.3 is 5.97 Å². The highest BCUT2D eigenvalue weighted by Crippen LogP contribution is 2.30. The number of aliphatic imine (C=N–C) groups is 1. The molecule has 0 radical (unpaired) electrons. The molecule has 0 N–H and O–H groups in total. The summed E-state index contributed by atoms with van der Waals surface area (Å²) >= 11 is 0. The number of benzene rings is 2. The fourth-order valence-corrected chi connectivity index (χ4v) is 2.46. The molecule has 142 valence electrons. The van der Waals surface area contributed by atoms with E-state index >= 15 is 0 Å². The molecule has 0 spiro atoms. The molecular formula is C22H18FNO4.